The van der Waals surface area contributed by atoms with Crippen LogP contribution in [0, 0.1) is 0 Å². The van der Waals surface area contributed by atoms with Gasteiger partial charge in [0.1, 0.15) is 23.9 Å². The van der Waals surface area contributed by atoms with Gasteiger partial charge in [-0.1, -0.05) is 25.7 Å². The SMILES string of the molecule is CC(C)(C)OC(=O)N1[C@@H]2CC[C@H]1C[C@@H](Nc1ccc3c(n1)CCOc1cc(-c4cnn(COCC[Si](C)(C)C)c4)ccc1-3)C2. The first-order chi connectivity index (χ1) is 20.9. The van der Waals surface area contributed by atoms with E-state index in [2.05, 4.69) is 60.4 Å². The second kappa shape index (κ2) is 12.2. The zero-order valence-electron chi connectivity index (χ0n) is 27.1. The number of nitrogens with one attached hydrogen (secondary N) is 1. The van der Waals surface area contributed by atoms with Crippen molar-refractivity contribution in [2.75, 3.05) is 18.5 Å². The minimum Gasteiger partial charge on any atom is -0.493 e. The van der Waals surface area contributed by atoms with Crippen LogP contribution < -0.4 is 10.1 Å². The van der Waals surface area contributed by atoms with Crippen molar-refractivity contribution in [2.24, 2.45) is 0 Å². The number of pyridine rings is 1. The highest BCUT2D eigenvalue weighted by Gasteiger charge is 2.45. The monoisotopic (exact) mass is 617 g/mol. The van der Waals surface area contributed by atoms with Crippen LogP contribution in [0.25, 0.3) is 22.3 Å². The second-order valence-electron chi connectivity index (χ2n) is 14.7. The standard InChI is InChI=1S/C34H47N5O4Si/c1-34(2,3)43-33(40)39-26-8-9-27(39)19-25(18-26)36-32-12-11-28-29-10-7-23(17-31(29)42-14-13-30(28)37-32)24-20-35-38(21-24)22-41-15-16-44(4,5)6/h7,10-12,17,20-21,25-27H,8-9,13-16,18-19,22H2,1-6H3,(H,36,37)/t25-,26+,27-. The number of rotatable bonds is 8. The molecule has 5 heterocycles. The number of hydrogen-bond acceptors (Lipinski definition) is 7. The number of carbonyl (C=O) groups excluding carboxylic acids is 1. The lowest BCUT2D eigenvalue weighted by Gasteiger charge is -2.39. The van der Waals surface area contributed by atoms with Crippen molar-refractivity contribution < 1.29 is 19.0 Å². The molecule has 1 amide bonds. The fourth-order valence-electron chi connectivity index (χ4n) is 6.56. The maximum Gasteiger partial charge on any atom is 0.410 e. The highest BCUT2D eigenvalue weighted by Crippen LogP contribution is 2.40. The van der Waals surface area contributed by atoms with Crippen molar-refractivity contribution in [3.63, 3.8) is 0 Å². The lowest BCUT2D eigenvalue weighted by atomic mass is 9.97. The quantitative estimate of drug-likeness (QED) is 0.211. The van der Waals surface area contributed by atoms with Crippen molar-refractivity contribution >= 4 is 20.0 Å². The molecule has 0 radical (unpaired) electrons. The van der Waals surface area contributed by atoms with Gasteiger partial charge < -0.3 is 24.4 Å². The van der Waals surface area contributed by atoms with E-state index in [-0.39, 0.29) is 24.2 Å². The van der Waals surface area contributed by atoms with Crippen LogP contribution in [-0.4, -0.2) is 70.8 Å². The Morgan fingerprint density at radius 2 is 1.82 bits per heavy atom. The van der Waals surface area contributed by atoms with Crippen molar-refractivity contribution in [3.8, 4) is 28.0 Å². The number of hydrogen-bond donors (Lipinski definition) is 1. The molecular weight excluding hydrogens is 570 g/mol. The third kappa shape index (κ3) is 7.12. The minimum atomic E-state index is -1.11. The molecular formula is C34H47N5O4Si. The van der Waals surface area contributed by atoms with Crippen LogP contribution in [-0.2, 0) is 22.6 Å². The maximum atomic E-state index is 12.9. The Bertz CT molecular complexity index is 1480. The summed E-state index contributed by atoms with van der Waals surface area (Å²) in [6, 6.07) is 12.5. The van der Waals surface area contributed by atoms with Gasteiger partial charge in [-0.15, -0.1) is 0 Å². The number of aromatic nitrogens is 3. The van der Waals surface area contributed by atoms with Crippen molar-refractivity contribution in [1.82, 2.24) is 19.7 Å². The Morgan fingerprint density at radius 3 is 2.55 bits per heavy atom. The van der Waals surface area contributed by atoms with Crippen molar-refractivity contribution in [3.05, 3.63) is 48.4 Å². The lowest BCUT2D eigenvalue weighted by Crippen LogP contribution is -2.51. The third-order valence-electron chi connectivity index (χ3n) is 8.72. The van der Waals surface area contributed by atoms with E-state index in [9.17, 15) is 4.79 Å². The second-order valence-corrected chi connectivity index (χ2v) is 20.3. The molecule has 44 heavy (non-hydrogen) atoms. The number of carbonyl (C=O) groups is 1. The number of ether oxygens (including phenoxy) is 3. The summed E-state index contributed by atoms with van der Waals surface area (Å²) < 4.78 is 19.7. The van der Waals surface area contributed by atoms with Gasteiger partial charge in [0.15, 0.2) is 0 Å². The van der Waals surface area contributed by atoms with Gasteiger partial charge >= 0.3 is 6.09 Å². The Hall–Kier alpha value is -3.37. The molecule has 0 spiro atoms. The number of fused-ring (bicyclic) bond motifs is 5. The van der Waals surface area contributed by atoms with Crippen LogP contribution >= 0.6 is 0 Å². The molecule has 0 unspecified atom stereocenters. The molecule has 6 rings (SSSR count). The number of nitrogens with zero attached hydrogens (tertiary/aromatic N) is 4. The molecule has 0 saturated carbocycles. The third-order valence-corrected chi connectivity index (χ3v) is 10.4. The highest BCUT2D eigenvalue weighted by molar-refractivity contribution is 6.76. The fourth-order valence-corrected chi connectivity index (χ4v) is 7.31. The summed E-state index contributed by atoms with van der Waals surface area (Å²) in [6.07, 6.45) is 8.36. The van der Waals surface area contributed by atoms with Gasteiger partial charge in [0.05, 0.1) is 18.5 Å². The Kier molecular flexibility index (Phi) is 8.49. The first-order valence-electron chi connectivity index (χ1n) is 16.1. The number of piperidine rings is 1. The normalized spacial score (nSPS) is 21.2. The largest absolute Gasteiger partial charge is 0.493 e. The zero-order valence-corrected chi connectivity index (χ0v) is 28.1. The van der Waals surface area contributed by atoms with Crippen LogP contribution in [0.5, 0.6) is 5.75 Å². The number of amides is 1. The van der Waals surface area contributed by atoms with Gasteiger partial charge in [-0.05, 0) is 82.3 Å². The van der Waals surface area contributed by atoms with Crippen LogP contribution in [0.2, 0.25) is 25.7 Å². The highest BCUT2D eigenvalue weighted by atomic mass is 28.3. The van der Waals surface area contributed by atoms with E-state index in [1.165, 1.54) is 0 Å². The molecule has 3 atom stereocenters. The van der Waals surface area contributed by atoms with Gasteiger partial charge in [0, 0.05) is 62.1 Å². The molecule has 236 valence electrons. The lowest BCUT2D eigenvalue weighted by molar-refractivity contribution is 0.00682. The topological polar surface area (TPSA) is 90.7 Å². The summed E-state index contributed by atoms with van der Waals surface area (Å²) in [5, 5.41) is 8.20. The Morgan fingerprint density at radius 1 is 1.07 bits per heavy atom. The molecule has 1 aromatic carbocycles. The predicted octanol–water partition coefficient (Wildman–Crippen LogP) is 7.20. The molecule has 10 heteroatoms. The van der Waals surface area contributed by atoms with Gasteiger partial charge in [-0.3, -0.25) is 0 Å². The van der Waals surface area contributed by atoms with Gasteiger partial charge in [-0.25, -0.2) is 14.5 Å². The summed E-state index contributed by atoms with van der Waals surface area (Å²) in [5.74, 6) is 1.76. The molecule has 1 N–H and O–H groups in total. The molecule has 2 bridgehead atoms. The van der Waals surface area contributed by atoms with E-state index >= 15 is 0 Å². The molecule has 0 aliphatic carbocycles. The molecule has 9 nitrogen and oxygen atoms in total. The van der Waals surface area contributed by atoms with Crippen molar-refractivity contribution in [2.45, 2.75) is 109 Å². The van der Waals surface area contributed by atoms with Gasteiger partial charge in [0.2, 0.25) is 0 Å². The molecule has 2 fully saturated rings. The number of anilines is 1. The average molecular weight is 618 g/mol. The first kappa shape index (κ1) is 30.6. The van der Waals surface area contributed by atoms with E-state index in [1.807, 2.05) is 42.7 Å². The van der Waals surface area contributed by atoms with E-state index in [4.69, 9.17) is 19.2 Å². The van der Waals surface area contributed by atoms with E-state index in [1.54, 1.807) is 0 Å². The molecule has 2 aromatic heterocycles. The molecule has 3 aliphatic heterocycles. The zero-order chi connectivity index (χ0) is 31.1. The predicted molar refractivity (Wildman–Crippen MR) is 176 cm³/mol. The van der Waals surface area contributed by atoms with Crippen LogP contribution in [0.4, 0.5) is 10.6 Å². The summed E-state index contributed by atoms with van der Waals surface area (Å²) in [6.45, 7) is 14.7. The average Bonchev–Trinajstić information content (AvgIpc) is 3.46. The smallest absolute Gasteiger partial charge is 0.410 e. The summed E-state index contributed by atoms with van der Waals surface area (Å²) in [7, 11) is -1.11. The van der Waals surface area contributed by atoms with Crippen LogP contribution in [0.15, 0.2) is 42.7 Å². The Labute approximate surface area is 262 Å². The first-order valence-corrected chi connectivity index (χ1v) is 19.8. The van der Waals surface area contributed by atoms with Crippen molar-refractivity contribution in [1.29, 1.82) is 0 Å². The van der Waals surface area contributed by atoms with Gasteiger partial charge in [0.25, 0.3) is 0 Å². The number of benzene rings is 1. The summed E-state index contributed by atoms with van der Waals surface area (Å²) >= 11 is 0. The fraction of sp³-hybridized carbons (Fsp3) is 0.559. The minimum absolute atomic E-state index is 0.177. The van der Waals surface area contributed by atoms with Gasteiger partial charge in [-0.2, -0.15) is 5.10 Å². The Balaban J connectivity index is 1.11. The van der Waals surface area contributed by atoms with E-state index in [0.717, 1.165) is 84.3 Å². The van der Waals surface area contributed by atoms with E-state index < -0.39 is 13.7 Å². The van der Waals surface area contributed by atoms with Crippen LogP contribution in [0.3, 0.4) is 0 Å². The van der Waals surface area contributed by atoms with Crippen LogP contribution in [0.1, 0.15) is 52.1 Å². The molecule has 2 saturated heterocycles. The molecule has 3 aromatic rings. The molecule has 3 aliphatic rings. The summed E-state index contributed by atoms with van der Waals surface area (Å²) in [4.78, 5) is 19.9. The summed E-state index contributed by atoms with van der Waals surface area (Å²) in [5.41, 5.74) is 4.84. The van der Waals surface area contributed by atoms with E-state index in [0.29, 0.717) is 13.3 Å². The maximum absolute atomic E-state index is 12.9.